The average molecular weight is 318 g/mol. The second-order valence-electron chi connectivity index (χ2n) is 5.58. The van der Waals surface area contributed by atoms with Crippen LogP contribution in [-0.2, 0) is 14.3 Å². The van der Waals surface area contributed by atoms with Crippen LogP contribution in [0, 0.1) is 0 Å². The topological polar surface area (TPSA) is 85.4 Å². The van der Waals surface area contributed by atoms with E-state index in [2.05, 4.69) is 4.74 Å². The summed E-state index contributed by atoms with van der Waals surface area (Å²) in [5.74, 6) is 0.574. The summed E-state index contributed by atoms with van der Waals surface area (Å²) in [6, 6.07) is 6.83. The number of carbonyl (C=O) groups excluding carboxylic acids is 3. The SMILES string of the molecule is O=C(C1COc2ccccc2O1)N1CC(N2C(=O)COC2=O)C1. The largest absolute Gasteiger partial charge is 0.485 e. The van der Waals surface area contributed by atoms with E-state index in [9.17, 15) is 14.4 Å². The van der Waals surface area contributed by atoms with Crippen molar-refractivity contribution < 1.29 is 28.6 Å². The molecular formula is C15H14N2O6. The first-order valence-electron chi connectivity index (χ1n) is 7.29. The van der Waals surface area contributed by atoms with Crippen LogP contribution < -0.4 is 9.47 Å². The van der Waals surface area contributed by atoms with Crippen molar-refractivity contribution >= 4 is 17.9 Å². The van der Waals surface area contributed by atoms with Gasteiger partial charge in [0, 0.05) is 13.1 Å². The first-order chi connectivity index (χ1) is 11.1. The van der Waals surface area contributed by atoms with E-state index in [-0.39, 0.29) is 31.1 Å². The van der Waals surface area contributed by atoms with Gasteiger partial charge in [0.15, 0.2) is 18.1 Å². The maximum Gasteiger partial charge on any atom is 0.417 e. The number of amides is 3. The number of carbonyl (C=O) groups is 3. The maximum atomic E-state index is 12.4. The van der Waals surface area contributed by atoms with Gasteiger partial charge in [-0.2, -0.15) is 0 Å². The van der Waals surface area contributed by atoms with Crippen LogP contribution in [0.5, 0.6) is 11.5 Å². The van der Waals surface area contributed by atoms with Crippen LogP contribution in [0.2, 0.25) is 0 Å². The van der Waals surface area contributed by atoms with Crippen molar-refractivity contribution in [3.8, 4) is 11.5 Å². The number of rotatable bonds is 2. The molecule has 0 aliphatic carbocycles. The van der Waals surface area contributed by atoms with E-state index >= 15 is 0 Å². The number of benzene rings is 1. The lowest BCUT2D eigenvalue weighted by Gasteiger charge is -2.43. The molecule has 2 saturated heterocycles. The summed E-state index contributed by atoms with van der Waals surface area (Å²) in [6.07, 6.45) is -1.36. The van der Waals surface area contributed by atoms with Gasteiger partial charge in [0.05, 0.1) is 6.04 Å². The number of imide groups is 1. The van der Waals surface area contributed by atoms with E-state index in [4.69, 9.17) is 9.47 Å². The number of fused-ring (bicyclic) bond motifs is 1. The van der Waals surface area contributed by atoms with E-state index in [0.29, 0.717) is 24.6 Å². The number of hydrogen-bond acceptors (Lipinski definition) is 6. The first kappa shape index (κ1) is 13.9. The van der Waals surface area contributed by atoms with Gasteiger partial charge in [0.2, 0.25) is 6.10 Å². The Kier molecular flexibility index (Phi) is 3.10. The van der Waals surface area contributed by atoms with E-state index in [0.717, 1.165) is 4.90 Å². The zero-order valence-electron chi connectivity index (χ0n) is 12.1. The van der Waals surface area contributed by atoms with Crippen LogP contribution in [0.3, 0.4) is 0 Å². The predicted molar refractivity (Wildman–Crippen MR) is 74.9 cm³/mol. The molecule has 4 rings (SSSR count). The third kappa shape index (κ3) is 2.26. The smallest absolute Gasteiger partial charge is 0.417 e. The number of ether oxygens (including phenoxy) is 3. The summed E-state index contributed by atoms with van der Waals surface area (Å²) < 4.78 is 15.9. The van der Waals surface area contributed by atoms with Crippen LogP contribution in [0.4, 0.5) is 4.79 Å². The number of hydrogen-bond donors (Lipinski definition) is 0. The highest BCUT2D eigenvalue weighted by Crippen LogP contribution is 2.32. The van der Waals surface area contributed by atoms with Gasteiger partial charge in [0.1, 0.15) is 6.61 Å². The number of cyclic esters (lactones) is 1. The summed E-state index contributed by atoms with van der Waals surface area (Å²) in [4.78, 5) is 38.1. The summed E-state index contributed by atoms with van der Waals surface area (Å²) >= 11 is 0. The summed E-state index contributed by atoms with van der Waals surface area (Å²) in [5, 5.41) is 0. The second-order valence-corrected chi connectivity index (χ2v) is 5.58. The molecule has 3 aliphatic heterocycles. The molecule has 1 atom stereocenters. The van der Waals surface area contributed by atoms with Crippen LogP contribution >= 0.6 is 0 Å². The second kappa shape index (κ2) is 5.15. The Morgan fingerprint density at radius 1 is 1.09 bits per heavy atom. The molecule has 0 aromatic heterocycles. The van der Waals surface area contributed by atoms with Crippen molar-refractivity contribution in [1.29, 1.82) is 0 Å². The van der Waals surface area contributed by atoms with Gasteiger partial charge in [-0.15, -0.1) is 0 Å². The Balaban J connectivity index is 1.37. The summed E-state index contributed by atoms with van der Waals surface area (Å²) in [5.41, 5.74) is 0. The van der Waals surface area contributed by atoms with Crippen molar-refractivity contribution in [1.82, 2.24) is 9.80 Å². The van der Waals surface area contributed by atoms with E-state index < -0.39 is 12.2 Å². The molecule has 1 unspecified atom stereocenters. The Labute approximate surface area is 131 Å². The monoisotopic (exact) mass is 318 g/mol. The van der Waals surface area contributed by atoms with E-state index in [1.807, 2.05) is 6.07 Å². The van der Waals surface area contributed by atoms with Crippen molar-refractivity contribution in [2.75, 3.05) is 26.3 Å². The molecule has 23 heavy (non-hydrogen) atoms. The molecule has 1 aromatic rings. The molecule has 0 radical (unpaired) electrons. The molecule has 3 amide bonds. The Hall–Kier alpha value is -2.77. The number of para-hydroxylation sites is 2. The molecule has 3 heterocycles. The first-order valence-corrected chi connectivity index (χ1v) is 7.29. The van der Waals surface area contributed by atoms with Crippen LogP contribution in [0.25, 0.3) is 0 Å². The predicted octanol–water partition coefficient (Wildman–Crippen LogP) is 0.0160. The van der Waals surface area contributed by atoms with Crippen LogP contribution in [-0.4, -0.2) is 66.2 Å². The molecule has 120 valence electrons. The molecule has 0 spiro atoms. The molecule has 8 heteroatoms. The maximum absolute atomic E-state index is 12.4. The molecule has 1 aromatic carbocycles. The standard InChI is InChI=1S/C15H14N2O6/c18-13-8-22-15(20)17(13)9-5-16(6-9)14(19)12-7-21-10-3-1-2-4-11(10)23-12/h1-4,9,12H,5-8H2. The Bertz CT molecular complexity index is 668. The average Bonchev–Trinajstić information content (AvgIpc) is 2.85. The number of likely N-dealkylation sites (tertiary alicyclic amines) is 1. The van der Waals surface area contributed by atoms with E-state index in [1.165, 1.54) is 0 Å². The zero-order valence-corrected chi connectivity index (χ0v) is 12.1. The van der Waals surface area contributed by atoms with Crippen molar-refractivity contribution in [3.63, 3.8) is 0 Å². The molecule has 3 aliphatic rings. The Morgan fingerprint density at radius 2 is 1.83 bits per heavy atom. The fraction of sp³-hybridized carbons (Fsp3) is 0.400. The van der Waals surface area contributed by atoms with Crippen molar-refractivity contribution in [2.45, 2.75) is 12.1 Å². The van der Waals surface area contributed by atoms with Crippen molar-refractivity contribution in [2.24, 2.45) is 0 Å². The van der Waals surface area contributed by atoms with Gasteiger partial charge in [-0.3, -0.25) is 9.59 Å². The molecule has 0 saturated carbocycles. The lowest BCUT2D eigenvalue weighted by atomic mass is 10.1. The summed E-state index contributed by atoms with van der Waals surface area (Å²) in [6.45, 7) is 0.504. The number of nitrogens with zero attached hydrogens (tertiary/aromatic N) is 2. The third-order valence-corrected chi connectivity index (χ3v) is 4.11. The van der Waals surface area contributed by atoms with Crippen LogP contribution in [0.15, 0.2) is 24.3 Å². The molecule has 0 bridgehead atoms. The molecular weight excluding hydrogens is 304 g/mol. The minimum absolute atomic E-state index is 0.141. The fourth-order valence-corrected chi connectivity index (χ4v) is 2.86. The minimum Gasteiger partial charge on any atom is -0.485 e. The Morgan fingerprint density at radius 3 is 2.52 bits per heavy atom. The fourth-order valence-electron chi connectivity index (χ4n) is 2.86. The molecule has 0 N–H and O–H groups in total. The summed E-state index contributed by atoms with van der Waals surface area (Å²) in [7, 11) is 0. The normalized spacial score (nSPS) is 23.6. The minimum atomic E-state index is -0.716. The third-order valence-electron chi connectivity index (χ3n) is 4.11. The van der Waals surface area contributed by atoms with Crippen molar-refractivity contribution in [3.05, 3.63) is 24.3 Å². The highest BCUT2D eigenvalue weighted by atomic mass is 16.6. The van der Waals surface area contributed by atoms with E-state index in [1.54, 1.807) is 23.1 Å². The van der Waals surface area contributed by atoms with Gasteiger partial charge in [-0.05, 0) is 12.1 Å². The van der Waals surface area contributed by atoms with Gasteiger partial charge in [-0.1, -0.05) is 12.1 Å². The van der Waals surface area contributed by atoms with Crippen LogP contribution in [0.1, 0.15) is 0 Å². The highest BCUT2D eigenvalue weighted by molar-refractivity contribution is 5.98. The zero-order chi connectivity index (χ0) is 16.0. The molecule has 2 fully saturated rings. The quantitative estimate of drug-likeness (QED) is 0.764. The highest BCUT2D eigenvalue weighted by Gasteiger charge is 2.46. The lowest BCUT2D eigenvalue weighted by Crippen LogP contribution is -2.64. The van der Waals surface area contributed by atoms with Gasteiger partial charge < -0.3 is 19.1 Å². The van der Waals surface area contributed by atoms with Gasteiger partial charge >= 0.3 is 6.09 Å². The molecule has 8 nitrogen and oxygen atoms in total. The van der Waals surface area contributed by atoms with Gasteiger partial charge in [-0.25, -0.2) is 9.69 Å². The van der Waals surface area contributed by atoms with Gasteiger partial charge in [0.25, 0.3) is 11.8 Å². The lowest BCUT2D eigenvalue weighted by molar-refractivity contribution is -0.150.